The fourth-order valence-electron chi connectivity index (χ4n) is 3.05. The van der Waals surface area contributed by atoms with Crippen LogP contribution in [-0.2, 0) is 0 Å². The summed E-state index contributed by atoms with van der Waals surface area (Å²) in [6.45, 7) is 3.75. The van der Waals surface area contributed by atoms with Crippen LogP contribution in [0.25, 0.3) is 0 Å². The van der Waals surface area contributed by atoms with Gasteiger partial charge in [0, 0.05) is 48.9 Å². The molecule has 0 radical (unpaired) electrons. The molecular weight excluding hydrogens is 278 g/mol. The standard InChI is InChI=1S/C14H18ClN3O2/c15-11-3-4-13(18(19)20)12(9-11)14(10-1-2-10)17-7-5-16-6-8-17/h3-4,9-10,14,16H,1-2,5-8H2/t14-/m1/s1. The second-order valence-corrected chi connectivity index (χ2v) is 5.96. The van der Waals surface area contributed by atoms with Crippen LogP contribution in [0.4, 0.5) is 5.69 Å². The topological polar surface area (TPSA) is 58.4 Å². The van der Waals surface area contributed by atoms with Gasteiger partial charge in [-0.25, -0.2) is 0 Å². The molecule has 1 atom stereocenters. The van der Waals surface area contributed by atoms with Crippen molar-refractivity contribution in [3.63, 3.8) is 0 Å². The average molecular weight is 296 g/mol. The lowest BCUT2D eigenvalue weighted by Crippen LogP contribution is -2.45. The number of hydrogen-bond acceptors (Lipinski definition) is 4. The smallest absolute Gasteiger partial charge is 0.274 e. The number of piperazine rings is 1. The molecule has 6 heteroatoms. The Morgan fingerprint density at radius 2 is 2.05 bits per heavy atom. The number of hydrogen-bond donors (Lipinski definition) is 1. The monoisotopic (exact) mass is 295 g/mol. The maximum Gasteiger partial charge on any atom is 0.274 e. The Hall–Kier alpha value is -1.17. The summed E-state index contributed by atoms with van der Waals surface area (Å²) >= 11 is 6.08. The molecule has 1 saturated carbocycles. The van der Waals surface area contributed by atoms with Crippen molar-refractivity contribution < 1.29 is 4.92 Å². The summed E-state index contributed by atoms with van der Waals surface area (Å²) in [5.41, 5.74) is 0.983. The Kier molecular flexibility index (Phi) is 3.92. The molecule has 0 aromatic heterocycles. The minimum Gasteiger partial charge on any atom is -0.314 e. The number of nitro groups is 1. The lowest BCUT2D eigenvalue weighted by atomic mass is 9.98. The first-order chi connectivity index (χ1) is 9.66. The van der Waals surface area contributed by atoms with Crippen molar-refractivity contribution in [2.75, 3.05) is 26.2 Å². The lowest BCUT2D eigenvalue weighted by Gasteiger charge is -2.35. The maximum absolute atomic E-state index is 11.3. The number of halogens is 1. The van der Waals surface area contributed by atoms with E-state index in [-0.39, 0.29) is 16.7 Å². The number of nitrogens with zero attached hydrogens (tertiary/aromatic N) is 2. The molecule has 5 nitrogen and oxygen atoms in total. The van der Waals surface area contributed by atoms with Gasteiger partial charge in [-0.15, -0.1) is 0 Å². The zero-order valence-electron chi connectivity index (χ0n) is 11.2. The molecule has 1 aliphatic carbocycles. The summed E-state index contributed by atoms with van der Waals surface area (Å²) in [5.74, 6) is 0.533. The molecule has 2 fully saturated rings. The van der Waals surface area contributed by atoms with E-state index >= 15 is 0 Å². The molecule has 1 aromatic rings. The van der Waals surface area contributed by atoms with E-state index in [1.807, 2.05) is 0 Å². The zero-order valence-corrected chi connectivity index (χ0v) is 12.0. The van der Waals surface area contributed by atoms with Crippen molar-refractivity contribution in [3.05, 3.63) is 38.9 Å². The predicted molar refractivity (Wildman–Crippen MR) is 78.0 cm³/mol. The van der Waals surface area contributed by atoms with Gasteiger partial charge in [-0.2, -0.15) is 0 Å². The van der Waals surface area contributed by atoms with Gasteiger partial charge in [-0.3, -0.25) is 15.0 Å². The third-order valence-corrected chi connectivity index (χ3v) is 4.35. The highest BCUT2D eigenvalue weighted by Crippen LogP contribution is 2.47. The van der Waals surface area contributed by atoms with Crippen LogP contribution >= 0.6 is 11.6 Å². The first-order valence-corrected chi connectivity index (χ1v) is 7.43. The van der Waals surface area contributed by atoms with E-state index in [1.54, 1.807) is 12.1 Å². The quantitative estimate of drug-likeness (QED) is 0.685. The fourth-order valence-corrected chi connectivity index (χ4v) is 3.23. The number of nitro benzene ring substituents is 1. The Balaban J connectivity index is 1.98. The van der Waals surface area contributed by atoms with Gasteiger partial charge in [-0.1, -0.05) is 11.6 Å². The van der Waals surface area contributed by atoms with Crippen molar-refractivity contribution in [3.8, 4) is 0 Å². The molecule has 0 spiro atoms. The van der Waals surface area contributed by atoms with E-state index in [0.717, 1.165) is 44.6 Å². The summed E-state index contributed by atoms with van der Waals surface area (Å²) in [7, 11) is 0. The molecule has 2 aliphatic rings. The molecule has 1 N–H and O–H groups in total. The lowest BCUT2D eigenvalue weighted by molar-refractivity contribution is -0.386. The largest absolute Gasteiger partial charge is 0.314 e. The molecule has 20 heavy (non-hydrogen) atoms. The highest BCUT2D eigenvalue weighted by molar-refractivity contribution is 6.30. The number of benzene rings is 1. The van der Waals surface area contributed by atoms with Gasteiger partial charge in [0.2, 0.25) is 0 Å². The summed E-state index contributed by atoms with van der Waals surface area (Å²) in [6.07, 6.45) is 2.30. The number of nitrogens with one attached hydrogen (secondary N) is 1. The van der Waals surface area contributed by atoms with Gasteiger partial charge in [-0.05, 0) is 30.9 Å². The second kappa shape index (κ2) is 5.68. The Morgan fingerprint density at radius 1 is 1.35 bits per heavy atom. The van der Waals surface area contributed by atoms with Crippen LogP contribution in [0.3, 0.4) is 0 Å². The molecule has 0 bridgehead atoms. The summed E-state index contributed by atoms with van der Waals surface area (Å²) in [5, 5.41) is 15.2. The predicted octanol–water partition coefficient (Wildman–Crippen LogP) is 2.60. The molecule has 108 valence electrons. The van der Waals surface area contributed by atoms with Crippen LogP contribution in [0.15, 0.2) is 18.2 Å². The molecule has 1 heterocycles. The van der Waals surface area contributed by atoms with E-state index in [9.17, 15) is 10.1 Å². The second-order valence-electron chi connectivity index (χ2n) is 5.53. The van der Waals surface area contributed by atoms with E-state index in [4.69, 9.17) is 11.6 Å². The van der Waals surface area contributed by atoms with E-state index in [0.29, 0.717) is 10.9 Å². The van der Waals surface area contributed by atoms with Gasteiger partial charge >= 0.3 is 0 Å². The van der Waals surface area contributed by atoms with Gasteiger partial charge < -0.3 is 5.32 Å². The Labute approximate surface area is 123 Å². The molecule has 1 aromatic carbocycles. The maximum atomic E-state index is 11.3. The van der Waals surface area contributed by atoms with Crippen molar-refractivity contribution in [1.82, 2.24) is 10.2 Å². The van der Waals surface area contributed by atoms with Crippen molar-refractivity contribution in [2.45, 2.75) is 18.9 Å². The first kappa shape index (κ1) is 13.8. The van der Waals surface area contributed by atoms with Crippen LogP contribution in [0.5, 0.6) is 0 Å². The third-order valence-electron chi connectivity index (χ3n) is 4.12. The SMILES string of the molecule is O=[N+]([O-])c1ccc(Cl)cc1[C@@H](C1CC1)N1CCNCC1. The minimum absolute atomic E-state index is 0.135. The first-order valence-electron chi connectivity index (χ1n) is 7.05. The minimum atomic E-state index is -0.288. The van der Waals surface area contributed by atoms with Crippen molar-refractivity contribution in [1.29, 1.82) is 0 Å². The van der Waals surface area contributed by atoms with Gasteiger partial charge in [0.15, 0.2) is 0 Å². The highest BCUT2D eigenvalue weighted by atomic mass is 35.5. The molecule has 1 aliphatic heterocycles. The van der Waals surface area contributed by atoms with Crippen LogP contribution < -0.4 is 5.32 Å². The highest BCUT2D eigenvalue weighted by Gasteiger charge is 2.39. The van der Waals surface area contributed by atoms with Crippen LogP contribution in [-0.4, -0.2) is 36.0 Å². The molecule has 3 rings (SSSR count). The van der Waals surface area contributed by atoms with E-state index in [1.165, 1.54) is 6.07 Å². The van der Waals surface area contributed by atoms with E-state index < -0.39 is 0 Å². The molecular formula is C14H18ClN3O2. The Morgan fingerprint density at radius 3 is 2.65 bits per heavy atom. The fraction of sp³-hybridized carbons (Fsp3) is 0.571. The van der Waals surface area contributed by atoms with Crippen LogP contribution in [0.1, 0.15) is 24.4 Å². The van der Waals surface area contributed by atoms with E-state index in [2.05, 4.69) is 10.2 Å². The normalized spacial score (nSPS) is 21.6. The van der Waals surface area contributed by atoms with Gasteiger partial charge in [0.1, 0.15) is 0 Å². The molecule has 1 saturated heterocycles. The average Bonchev–Trinajstić information content (AvgIpc) is 3.25. The summed E-state index contributed by atoms with van der Waals surface area (Å²) in [6, 6.07) is 5.06. The van der Waals surface area contributed by atoms with Gasteiger partial charge in [0.25, 0.3) is 5.69 Å². The van der Waals surface area contributed by atoms with Crippen molar-refractivity contribution >= 4 is 17.3 Å². The Bertz CT molecular complexity index is 513. The summed E-state index contributed by atoms with van der Waals surface area (Å²) < 4.78 is 0. The van der Waals surface area contributed by atoms with Crippen LogP contribution in [0, 0.1) is 16.0 Å². The summed E-state index contributed by atoms with van der Waals surface area (Å²) in [4.78, 5) is 13.4. The molecule has 0 unspecified atom stereocenters. The zero-order chi connectivity index (χ0) is 14.1. The van der Waals surface area contributed by atoms with Crippen LogP contribution in [0.2, 0.25) is 5.02 Å². The van der Waals surface area contributed by atoms with Gasteiger partial charge in [0.05, 0.1) is 4.92 Å². The number of rotatable bonds is 4. The van der Waals surface area contributed by atoms with Crippen molar-refractivity contribution in [2.24, 2.45) is 5.92 Å². The third kappa shape index (κ3) is 2.80. The molecule has 0 amide bonds.